The summed E-state index contributed by atoms with van der Waals surface area (Å²) in [4.78, 5) is 25.9. The Bertz CT molecular complexity index is 964. The summed E-state index contributed by atoms with van der Waals surface area (Å²) >= 11 is 1.51. The molecule has 0 heterocycles. The summed E-state index contributed by atoms with van der Waals surface area (Å²) in [5, 5.41) is 0. The van der Waals surface area contributed by atoms with E-state index in [1.807, 2.05) is 10.8 Å². The van der Waals surface area contributed by atoms with Crippen LogP contribution in [0.2, 0.25) is 0 Å². The molecule has 0 bridgehead atoms. The third kappa shape index (κ3) is 16.8. The first-order chi connectivity index (χ1) is 18.4. The average Bonchev–Trinajstić information content (AvgIpc) is 2.85. The van der Waals surface area contributed by atoms with Gasteiger partial charge in [-0.15, -0.1) is 0 Å². The summed E-state index contributed by atoms with van der Waals surface area (Å²) < 4.78 is 25.3. The van der Waals surface area contributed by atoms with E-state index in [1.54, 1.807) is 24.3 Å². The van der Waals surface area contributed by atoms with E-state index in [1.165, 1.54) is 73.6 Å². The van der Waals surface area contributed by atoms with Crippen molar-refractivity contribution in [3.8, 4) is 0 Å². The van der Waals surface area contributed by atoms with Crippen LogP contribution in [0.15, 0.2) is 42.0 Å². The summed E-state index contributed by atoms with van der Waals surface area (Å²) in [6, 6.07) is 7.87. The zero-order valence-electron chi connectivity index (χ0n) is 25.0. The lowest BCUT2D eigenvalue weighted by Crippen LogP contribution is -2.49. The fourth-order valence-corrected chi connectivity index (χ4v) is 6.21. The van der Waals surface area contributed by atoms with Crippen molar-refractivity contribution in [3.05, 3.63) is 42.0 Å². The van der Waals surface area contributed by atoms with Gasteiger partial charge in [-0.25, -0.2) is 8.42 Å². The van der Waals surface area contributed by atoms with Gasteiger partial charge >= 0.3 is 0 Å². The van der Waals surface area contributed by atoms with Gasteiger partial charge in [-0.1, -0.05) is 102 Å². The summed E-state index contributed by atoms with van der Waals surface area (Å²) in [5.74, 6) is 2.66. The largest absolute Gasteiger partial charge is 0.302 e. The van der Waals surface area contributed by atoms with Gasteiger partial charge in [0, 0.05) is 17.2 Å². The number of anilines is 1. The van der Waals surface area contributed by atoms with Crippen LogP contribution in [0.1, 0.15) is 92.4 Å². The van der Waals surface area contributed by atoms with Crippen LogP contribution in [0.5, 0.6) is 0 Å². The van der Waals surface area contributed by atoms with Gasteiger partial charge in [-0.05, 0) is 49.7 Å². The predicted molar refractivity (Wildman–Crippen MR) is 168 cm³/mol. The van der Waals surface area contributed by atoms with Gasteiger partial charge in [0.2, 0.25) is 16.4 Å². The Kier molecular flexibility index (Phi) is 17.4. The minimum Gasteiger partial charge on any atom is -0.302 e. The Morgan fingerprint density at radius 1 is 0.949 bits per heavy atom. The van der Waals surface area contributed by atoms with Crippen LogP contribution in [0.4, 0.5) is 5.69 Å². The van der Waals surface area contributed by atoms with Gasteiger partial charge in [0.25, 0.3) is 5.91 Å². The molecule has 1 aromatic rings. The first-order valence-electron chi connectivity index (χ1n) is 14.5. The molecule has 3 unspecified atom stereocenters. The van der Waals surface area contributed by atoms with Crippen LogP contribution in [0, 0.1) is 17.8 Å². The Hall–Kier alpha value is -1.80. The fraction of sp³-hybridized carbons (Fsp3) is 0.677. The van der Waals surface area contributed by atoms with Crippen LogP contribution < -0.4 is 9.62 Å². The molecule has 39 heavy (non-hydrogen) atoms. The number of rotatable bonds is 21. The molecule has 0 aliphatic carbocycles. The number of carbonyl (C=O) groups is 2. The van der Waals surface area contributed by atoms with Crippen LogP contribution in [0.3, 0.4) is 0 Å². The van der Waals surface area contributed by atoms with E-state index in [9.17, 15) is 18.0 Å². The fourth-order valence-electron chi connectivity index (χ4n) is 4.64. The van der Waals surface area contributed by atoms with Gasteiger partial charge in [0.15, 0.2) is 0 Å². The number of sulfonamides is 1. The van der Waals surface area contributed by atoms with Crippen LogP contribution >= 0.6 is 11.8 Å². The molecule has 3 atom stereocenters. The molecule has 0 aliphatic heterocycles. The molecule has 1 aromatic carbocycles. The van der Waals surface area contributed by atoms with Crippen molar-refractivity contribution in [1.82, 2.24) is 4.72 Å². The second kappa shape index (κ2) is 19.3. The predicted octanol–water partition coefficient (Wildman–Crippen LogP) is 7.21. The van der Waals surface area contributed by atoms with Gasteiger partial charge in [-0.3, -0.25) is 14.3 Å². The van der Waals surface area contributed by atoms with E-state index in [2.05, 4.69) is 40.7 Å². The number of carbonyl (C=O) groups excluding carboxylic acids is 2. The summed E-state index contributed by atoms with van der Waals surface area (Å²) in [6.07, 6.45) is 15.2. The van der Waals surface area contributed by atoms with Crippen LogP contribution in [-0.4, -0.2) is 44.5 Å². The van der Waals surface area contributed by atoms with Crippen molar-refractivity contribution in [3.63, 3.8) is 0 Å². The van der Waals surface area contributed by atoms with Crippen molar-refractivity contribution in [2.24, 2.45) is 17.8 Å². The Morgan fingerprint density at radius 2 is 1.51 bits per heavy atom. The summed E-state index contributed by atoms with van der Waals surface area (Å²) in [6.45, 7) is 11.5. The maximum absolute atomic E-state index is 12.7. The highest BCUT2D eigenvalue weighted by Crippen LogP contribution is 2.23. The lowest BCUT2D eigenvalue weighted by atomic mass is 9.91. The highest BCUT2D eigenvalue weighted by atomic mass is 32.2. The molecule has 222 valence electrons. The monoisotopic (exact) mass is 580 g/mol. The molecule has 0 radical (unpaired) electrons. The molecule has 0 aromatic heterocycles. The molecule has 6 nitrogen and oxygen atoms in total. The number of hydrogen-bond acceptors (Lipinski definition) is 5. The molecule has 0 saturated heterocycles. The van der Waals surface area contributed by atoms with Crippen molar-refractivity contribution < 1.29 is 18.0 Å². The number of thioether (sulfide) groups is 1. The third-order valence-electron chi connectivity index (χ3n) is 7.06. The average molecular weight is 581 g/mol. The molecule has 0 spiro atoms. The van der Waals surface area contributed by atoms with E-state index in [0.717, 1.165) is 30.4 Å². The van der Waals surface area contributed by atoms with Gasteiger partial charge in [0.1, 0.15) is 6.04 Å². The maximum Gasteiger partial charge on any atom is 0.257 e. The van der Waals surface area contributed by atoms with Crippen LogP contribution in [0.25, 0.3) is 0 Å². The smallest absolute Gasteiger partial charge is 0.257 e. The van der Waals surface area contributed by atoms with Crippen molar-refractivity contribution >= 4 is 39.8 Å². The molecule has 1 N–H and O–H groups in total. The first kappa shape index (κ1) is 35.2. The molecule has 1 rings (SSSR count). The first-order valence-corrected chi connectivity index (χ1v) is 17.5. The number of benzene rings is 1. The standard InChI is InChI=1S/C31H52N2O4S2/c1-25(2)13-10-14-26(3)15-11-16-27(4)17-12-18-28(5)21-22-38-23-30(31(35)32-39(6,36)37)33(24-34)29-19-8-7-9-20-29/h7-9,19-21,24-27,30H,10-18,22-23H2,1-6H3,(H,32,35). The van der Waals surface area contributed by atoms with Crippen molar-refractivity contribution in [2.45, 2.75) is 98.4 Å². The van der Waals surface area contributed by atoms with Gasteiger partial charge < -0.3 is 4.90 Å². The van der Waals surface area contributed by atoms with Gasteiger partial charge in [-0.2, -0.15) is 11.8 Å². The second-order valence-electron chi connectivity index (χ2n) is 11.5. The number of amides is 2. The maximum atomic E-state index is 12.7. The van der Waals surface area contributed by atoms with Crippen LogP contribution in [-0.2, 0) is 19.6 Å². The summed E-state index contributed by atoms with van der Waals surface area (Å²) in [7, 11) is -3.73. The zero-order chi connectivity index (χ0) is 29.3. The third-order valence-corrected chi connectivity index (χ3v) is 8.58. The van der Waals surface area contributed by atoms with Crippen molar-refractivity contribution in [1.29, 1.82) is 0 Å². The molecule has 0 aliphatic rings. The number of nitrogens with one attached hydrogen (secondary N) is 1. The van der Waals surface area contributed by atoms with Gasteiger partial charge in [0.05, 0.1) is 6.26 Å². The van der Waals surface area contributed by atoms with E-state index >= 15 is 0 Å². The SMILES string of the molecule is CC(=CCSCC(C(=O)NS(C)(=O)=O)N(C=O)c1ccccc1)CCCC(C)CCCC(C)CCCC(C)C. The molecule has 2 amide bonds. The quantitative estimate of drug-likeness (QED) is 0.0943. The summed E-state index contributed by atoms with van der Waals surface area (Å²) in [5.41, 5.74) is 1.86. The molecule has 8 heteroatoms. The zero-order valence-corrected chi connectivity index (χ0v) is 26.7. The normalized spacial score (nSPS) is 14.6. The molecule has 0 saturated carbocycles. The van der Waals surface area contributed by atoms with E-state index in [4.69, 9.17) is 0 Å². The minimum atomic E-state index is -3.73. The second-order valence-corrected chi connectivity index (χ2v) is 14.4. The minimum absolute atomic E-state index is 0.283. The van der Waals surface area contributed by atoms with E-state index in [0.29, 0.717) is 17.9 Å². The number of nitrogens with zero attached hydrogens (tertiary/aromatic N) is 1. The Labute approximate surface area is 242 Å². The number of para-hydroxylation sites is 1. The highest BCUT2D eigenvalue weighted by Gasteiger charge is 2.28. The number of allylic oxidation sites excluding steroid dienone is 1. The Balaban J connectivity index is 2.45. The lowest BCUT2D eigenvalue weighted by Gasteiger charge is -2.27. The lowest BCUT2D eigenvalue weighted by molar-refractivity contribution is -0.121. The molecule has 0 fully saturated rings. The Morgan fingerprint density at radius 3 is 2.05 bits per heavy atom. The number of hydrogen-bond donors (Lipinski definition) is 1. The molecular weight excluding hydrogens is 528 g/mol. The van der Waals surface area contributed by atoms with E-state index in [-0.39, 0.29) is 5.75 Å². The van der Waals surface area contributed by atoms with E-state index < -0.39 is 22.0 Å². The highest BCUT2D eigenvalue weighted by molar-refractivity contribution is 7.99. The van der Waals surface area contributed by atoms with Crippen molar-refractivity contribution in [2.75, 3.05) is 22.7 Å². The molecular formula is C31H52N2O4S2. The topological polar surface area (TPSA) is 83.6 Å².